The highest BCUT2D eigenvalue weighted by Gasteiger charge is 2.06. The summed E-state index contributed by atoms with van der Waals surface area (Å²) in [4.78, 5) is 0. The normalized spacial score (nSPS) is 11.1. The summed E-state index contributed by atoms with van der Waals surface area (Å²) in [5, 5.41) is 10.1. The molecule has 0 unspecified atom stereocenters. The first-order chi connectivity index (χ1) is 15.8. The predicted octanol–water partition coefficient (Wildman–Crippen LogP) is 9.46. The van der Waals surface area contributed by atoms with Gasteiger partial charge in [-0.3, -0.25) is 0 Å². The van der Waals surface area contributed by atoms with Crippen LogP contribution in [0.15, 0.2) is 109 Å². The van der Waals surface area contributed by atoms with Crippen molar-refractivity contribution >= 4 is 66.3 Å². The Balaban J connectivity index is 0.000000135. The monoisotopic (exact) mass is 452 g/mol. The van der Waals surface area contributed by atoms with E-state index in [1.807, 2.05) is 0 Å². The van der Waals surface area contributed by atoms with E-state index in [0.717, 1.165) is 0 Å². The third kappa shape index (κ3) is 3.81. The van der Waals surface area contributed by atoms with Gasteiger partial charge < -0.3 is 0 Å². The van der Waals surface area contributed by atoms with Crippen molar-refractivity contribution in [1.82, 2.24) is 0 Å². The molecule has 0 aromatic heterocycles. The zero-order valence-corrected chi connectivity index (χ0v) is 19.1. The van der Waals surface area contributed by atoms with E-state index in [2.05, 4.69) is 109 Å². The van der Waals surface area contributed by atoms with E-state index in [1.54, 1.807) is 0 Å². The molecule has 2 heteroatoms. The van der Waals surface area contributed by atoms with Crippen LogP contribution in [-0.4, -0.2) is 0 Å². The third-order valence-electron chi connectivity index (χ3n) is 6.03. The van der Waals surface area contributed by atoms with E-state index in [4.69, 9.17) is 23.2 Å². The lowest BCUT2D eigenvalue weighted by Crippen LogP contribution is -1.85. The van der Waals surface area contributed by atoms with Gasteiger partial charge in [-0.15, -0.1) is 23.2 Å². The Morgan fingerprint density at radius 2 is 0.625 bits per heavy atom. The highest BCUT2D eigenvalue weighted by molar-refractivity contribution is 6.20. The Hall–Kier alpha value is -3.06. The van der Waals surface area contributed by atoms with Crippen LogP contribution in [0.2, 0.25) is 0 Å². The van der Waals surface area contributed by atoms with Crippen LogP contribution in [0.4, 0.5) is 0 Å². The lowest BCUT2D eigenvalue weighted by Gasteiger charge is -2.08. The molecule has 6 aromatic rings. The number of rotatable bonds is 2. The molecule has 6 aromatic carbocycles. The molecular weight excluding hydrogens is 431 g/mol. The molecule has 0 bridgehead atoms. The van der Waals surface area contributed by atoms with E-state index in [-0.39, 0.29) is 0 Å². The molecule has 0 fully saturated rings. The molecule has 0 aliphatic heterocycles. The second kappa shape index (κ2) is 9.20. The maximum Gasteiger partial charge on any atom is 0.0486 e. The fraction of sp³-hybridized carbons (Fsp3) is 0.0667. The fourth-order valence-electron chi connectivity index (χ4n) is 4.50. The number of alkyl halides is 2. The third-order valence-corrected chi connectivity index (χ3v) is 6.57. The molecule has 0 N–H and O–H groups in total. The van der Waals surface area contributed by atoms with Gasteiger partial charge in [0.05, 0.1) is 0 Å². The summed E-state index contributed by atoms with van der Waals surface area (Å²) >= 11 is 12.2. The summed E-state index contributed by atoms with van der Waals surface area (Å²) in [6, 6.07) is 38.1. The summed E-state index contributed by atoms with van der Waals surface area (Å²) in [5.74, 6) is 1.11. The van der Waals surface area contributed by atoms with E-state index in [1.165, 1.54) is 54.2 Å². The molecule has 0 aliphatic carbocycles. The van der Waals surface area contributed by atoms with Gasteiger partial charge in [-0.1, -0.05) is 97.1 Å². The first-order valence-corrected chi connectivity index (χ1v) is 11.8. The highest BCUT2D eigenvalue weighted by atomic mass is 35.5. The summed E-state index contributed by atoms with van der Waals surface area (Å²) in [5.41, 5.74) is 2.46. The summed E-state index contributed by atoms with van der Waals surface area (Å²) in [7, 11) is 0. The standard InChI is InChI=1S/2C15H11Cl/c2*16-10-15-13-7-3-1-5-11(13)9-12-6-2-4-8-14(12)15/h2*1-9H,10H2. The number of halogens is 2. The fourth-order valence-corrected chi connectivity index (χ4v) is 5.08. The largest absolute Gasteiger partial charge is 0.122 e. The molecule has 156 valence electrons. The van der Waals surface area contributed by atoms with E-state index in [9.17, 15) is 0 Å². The minimum absolute atomic E-state index is 0.557. The Morgan fingerprint density at radius 3 is 0.875 bits per heavy atom. The van der Waals surface area contributed by atoms with Crippen LogP contribution in [0.5, 0.6) is 0 Å². The maximum atomic E-state index is 6.08. The van der Waals surface area contributed by atoms with Crippen LogP contribution in [-0.2, 0) is 11.8 Å². The number of hydrogen-bond donors (Lipinski definition) is 0. The molecule has 0 aliphatic rings. The first-order valence-electron chi connectivity index (χ1n) is 10.7. The molecule has 0 atom stereocenters. The lowest BCUT2D eigenvalue weighted by atomic mass is 9.98. The molecule has 0 radical (unpaired) electrons. The first kappa shape index (κ1) is 20.8. The van der Waals surface area contributed by atoms with Crippen LogP contribution in [0.25, 0.3) is 43.1 Å². The van der Waals surface area contributed by atoms with E-state index < -0.39 is 0 Å². The minimum Gasteiger partial charge on any atom is -0.122 e. The second-order valence-corrected chi connectivity index (χ2v) is 8.40. The van der Waals surface area contributed by atoms with E-state index >= 15 is 0 Å². The van der Waals surface area contributed by atoms with Gasteiger partial charge in [0, 0.05) is 11.8 Å². The lowest BCUT2D eigenvalue weighted by molar-refractivity contribution is 1.50. The Bertz CT molecular complexity index is 1320. The van der Waals surface area contributed by atoms with Crippen LogP contribution in [0.3, 0.4) is 0 Å². The molecular formula is C30H22Cl2. The molecule has 0 nitrogen and oxygen atoms in total. The van der Waals surface area contributed by atoms with Crippen molar-refractivity contribution in [2.24, 2.45) is 0 Å². The van der Waals surface area contributed by atoms with Crippen molar-refractivity contribution in [2.45, 2.75) is 11.8 Å². The quantitative estimate of drug-likeness (QED) is 0.181. The van der Waals surface area contributed by atoms with Crippen molar-refractivity contribution in [2.75, 3.05) is 0 Å². The van der Waals surface area contributed by atoms with Crippen molar-refractivity contribution in [3.8, 4) is 0 Å². The van der Waals surface area contributed by atoms with Gasteiger partial charge in [0.25, 0.3) is 0 Å². The van der Waals surface area contributed by atoms with Gasteiger partial charge in [0.2, 0.25) is 0 Å². The van der Waals surface area contributed by atoms with Gasteiger partial charge in [0.15, 0.2) is 0 Å². The van der Waals surface area contributed by atoms with Crippen LogP contribution >= 0.6 is 23.2 Å². The average Bonchev–Trinajstić information content (AvgIpc) is 2.86. The van der Waals surface area contributed by atoms with Crippen LogP contribution in [0, 0.1) is 0 Å². The topological polar surface area (TPSA) is 0 Å². The van der Waals surface area contributed by atoms with Gasteiger partial charge in [-0.25, -0.2) is 0 Å². The minimum atomic E-state index is 0.557. The van der Waals surface area contributed by atoms with Crippen LogP contribution < -0.4 is 0 Å². The molecule has 0 saturated heterocycles. The summed E-state index contributed by atoms with van der Waals surface area (Å²) < 4.78 is 0. The SMILES string of the molecule is ClCc1c2ccccc2cc2ccccc12.ClCc1c2ccccc2cc2ccccc12. The van der Waals surface area contributed by atoms with Gasteiger partial charge in [0.1, 0.15) is 0 Å². The number of fused-ring (bicyclic) bond motifs is 4. The molecule has 0 heterocycles. The average molecular weight is 453 g/mol. The zero-order valence-electron chi connectivity index (χ0n) is 17.6. The van der Waals surface area contributed by atoms with Gasteiger partial charge >= 0.3 is 0 Å². The molecule has 0 spiro atoms. The molecule has 0 saturated carbocycles. The predicted molar refractivity (Wildman–Crippen MR) is 142 cm³/mol. The van der Waals surface area contributed by atoms with Gasteiger partial charge in [-0.2, -0.15) is 0 Å². The van der Waals surface area contributed by atoms with Crippen molar-refractivity contribution in [3.63, 3.8) is 0 Å². The number of hydrogen-bond acceptors (Lipinski definition) is 0. The maximum absolute atomic E-state index is 6.08. The van der Waals surface area contributed by atoms with Crippen molar-refractivity contribution in [3.05, 3.63) is 120 Å². The highest BCUT2D eigenvalue weighted by Crippen LogP contribution is 2.30. The Labute approximate surface area is 198 Å². The van der Waals surface area contributed by atoms with Crippen LogP contribution in [0.1, 0.15) is 11.1 Å². The summed E-state index contributed by atoms with van der Waals surface area (Å²) in [6.45, 7) is 0. The molecule has 6 rings (SSSR count). The zero-order chi connectivity index (χ0) is 21.9. The summed E-state index contributed by atoms with van der Waals surface area (Å²) in [6.07, 6.45) is 0. The van der Waals surface area contributed by atoms with Crippen molar-refractivity contribution in [1.29, 1.82) is 0 Å². The Kier molecular flexibility index (Phi) is 5.99. The Morgan fingerprint density at radius 1 is 0.375 bits per heavy atom. The molecule has 32 heavy (non-hydrogen) atoms. The van der Waals surface area contributed by atoms with Crippen molar-refractivity contribution < 1.29 is 0 Å². The van der Waals surface area contributed by atoms with Gasteiger partial charge in [-0.05, 0) is 66.3 Å². The molecule has 0 amide bonds. The van der Waals surface area contributed by atoms with E-state index in [0.29, 0.717) is 11.8 Å². The second-order valence-electron chi connectivity index (χ2n) is 7.86. The number of benzene rings is 6. The smallest absolute Gasteiger partial charge is 0.0486 e.